The third-order valence-electron chi connectivity index (χ3n) is 4.80. The van der Waals surface area contributed by atoms with Crippen LogP contribution in [-0.4, -0.2) is 27.2 Å². The van der Waals surface area contributed by atoms with Gasteiger partial charge in [0, 0.05) is 25.3 Å². The van der Waals surface area contributed by atoms with Crippen molar-refractivity contribution in [2.75, 3.05) is 26.6 Å². The summed E-state index contributed by atoms with van der Waals surface area (Å²) in [6, 6.07) is 24.1. The van der Waals surface area contributed by atoms with E-state index >= 15 is 0 Å². The number of aliphatic imine (C=N–C) groups is 1. The maximum absolute atomic E-state index is 5.92. The zero-order valence-corrected chi connectivity index (χ0v) is 18.2. The van der Waals surface area contributed by atoms with Crippen molar-refractivity contribution in [2.24, 2.45) is 4.99 Å². The maximum Gasteiger partial charge on any atom is 0.195 e. The van der Waals surface area contributed by atoms with Gasteiger partial charge in [0.25, 0.3) is 0 Å². The molecule has 0 saturated heterocycles. The average Bonchev–Trinajstić information content (AvgIpc) is 2.83. The van der Waals surface area contributed by atoms with Gasteiger partial charge in [0.1, 0.15) is 0 Å². The Kier molecular flexibility index (Phi) is 8.31. The van der Waals surface area contributed by atoms with Gasteiger partial charge < -0.3 is 24.8 Å². The van der Waals surface area contributed by atoms with E-state index in [1.54, 1.807) is 21.3 Å². The number of nitrogens with one attached hydrogen (secondary N) is 2. The summed E-state index contributed by atoms with van der Waals surface area (Å²) < 4.78 is 16.6. The molecule has 0 aliphatic carbocycles. The molecule has 3 aromatic rings. The summed E-state index contributed by atoms with van der Waals surface area (Å²) in [5, 5.41) is 6.64. The lowest BCUT2D eigenvalue weighted by Crippen LogP contribution is -2.30. The first-order valence-electron chi connectivity index (χ1n) is 10.1. The highest BCUT2D eigenvalue weighted by Gasteiger charge is 2.08. The summed E-state index contributed by atoms with van der Waals surface area (Å²) in [5.41, 5.74) is 4.32. The minimum atomic E-state index is 0.550. The minimum Gasteiger partial charge on any atom is -0.493 e. The molecule has 6 heteroatoms. The van der Waals surface area contributed by atoms with Crippen molar-refractivity contribution in [3.05, 3.63) is 89.5 Å². The molecule has 0 heterocycles. The highest BCUT2D eigenvalue weighted by atomic mass is 16.5. The Balaban J connectivity index is 1.58. The molecule has 2 N–H and O–H groups in total. The van der Waals surface area contributed by atoms with Crippen LogP contribution in [0.4, 0.5) is 5.69 Å². The topological polar surface area (TPSA) is 64.1 Å². The molecule has 6 nitrogen and oxygen atoms in total. The van der Waals surface area contributed by atoms with Gasteiger partial charge in [-0.05, 0) is 28.8 Å². The van der Waals surface area contributed by atoms with E-state index in [0.717, 1.165) is 22.4 Å². The van der Waals surface area contributed by atoms with Gasteiger partial charge in [0.05, 0.1) is 27.4 Å². The van der Waals surface area contributed by atoms with Crippen LogP contribution in [0.25, 0.3) is 0 Å². The molecule has 0 spiro atoms. The zero-order chi connectivity index (χ0) is 21.9. The van der Waals surface area contributed by atoms with Gasteiger partial charge >= 0.3 is 0 Å². The molecule has 0 unspecified atom stereocenters. The van der Waals surface area contributed by atoms with Gasteiger partial charge in [-0.1, -0.05) is 54.6 Å². The second-order valence-electron chi connectivity index (χ2n) is 6.87. The first kappa shape index (κ1) is 22.2. The van der Waals surface area contributed by atoms with Gasteiger partial charge in [-0.2, -0.15) is 0 Å². The van der Waals surface area contributed by atoms with Crippen molar-refractivity contribution in [1.29, 1.82) is 0 Å². The van der Waals surface area contributed by atoms with Crippen LogP contribution in [-0.2, 0) is 24.5 Å². The molecule has 3 aromatic carbocycles. The third kappa shape index (κ3) is 6.49. The normalized spacial score (nSPS) is 11.1. The Bertz CT molecular complexity index is 990. The van der Waals surface area contributed by atoms with E-state index in [1.165, 1.54) is 0 Å². The number of nitrogens with zero attached hydrogens (tertiary/aromatic N) is 1. The number of ether oxygens (including phenoxy) is 3. The van der Waals surface area contributed by atoms with Crippen LogP contribution >= 0.6 is 0 Å². The molecule has 0 radical (unpaired) electrons. The van der Waals surface area contributed by atoms with E-state index in [-0.39, 0.29) is 0 Å². The molecule has 0 aromatic heterocycles. The molecule has 3 rings (SSSR count). The van der Waals surface area contributed by atoms with Crippen LogP contribution in [0.3, 0.4) is 0 Å². The van der Waals surface area contributed by atoms with E-state index in [0.29, 0.717) is 37.2 Å². The largest absolute Gasteiger partial charge is 0.493 e. The Morgan fingerprint density at radius 1 is 0.806 bits per heavy atom. The van der Waals surface area contributed by atoms with Crippen LogP contribution in [0.2, 0.25) is 0 Å². The number of anilines is 1. The second kappa shape index (κ2) is 11.6. The lowest BCUT2D eigenvalue weighted by molar-refractivity contribution is 0.106. The Morgan fingerprint density at radius 3 is 2.23 bits per heavy atom. The van der Waals surface area contributed by atoms with Crippen molar-refractivity contribution < 1.29 is 14.2 Å². The van der Waals surface area contributed by atoms with Crippen LogP contribution in [0.5, 0.6) is 11.5 Å². The lowest BCUT2D eigenvalue weighted by Gasteiger charge is -2.15. The first-order chi connectivity index (χ1) is 15.2. The van der Waals surface area contributed by atoms with Gasteiger partial charge in [-0.3, -0.25) is 4.99 Å². The molecule has 0 amide bonds. The monoisotopic (exact) mass is 419 g/mol. The fourth-order valence-electron chi connectivity index (χ4n) is 3.13. The maximum atomic E-state index is 5.92. The van der Waals surface area contributed by atoms with E-state index in [1.807, 2.05) is 48.5 Å². The fourth-order valence-corrected chi connectivity index (χ4v) is 3.13. The number of benzene rings is 3. The Morgan fingerprint density at radius 2 is 1.52 bits per heavy atom. The summed E-state index contributed by atoms with van der Waals surface area (Å²) >= 11 is 0. The van der Waals surface area contributed by atoms with Gasteiger partial charge in [0.2, 0.25) is 0 Å². The van der Waals surface area contributed by atoms with Crippen molar-refractivity contribution in [2.45, 2.75) is 19.8 Å². The Hall–Kier alpha value is -3.51. The number of hydrogen-bond donors (Lipinski definition) is 2. The van der Waals surface area contributed by atoms with Gasteiger partial charge in [-0.25, -0.2) is 0 Å². The van der Waals surface area contributed by atoms with E-state index in [9.17, 15) is 0 Å². The van der Waals surface area contributed by atoms with Crippen LogP contribution in [0.15, 0.2) is 77.8 Å². The average molecular weight is 420 g/mol. The SMILES string of the molecule is CN=C(NCc1ccccc1COCc1ccccc1)Nc1ccc(OC)c(OC)c1. The van der Waals surface area contributed by atoms with Crippen molar-refractivity contribution in [1.82, 2.24) is 5.32 Å². The van der Waals surface area contributed by atoms with Crippen LogP contribution < -0.4 is 20.1 Å². The lowest BCUT2D eigenvalue weighted by atomic mass is 10.1. The van der Waals surface area contributed by atoms with E-state index in [4.69, 9.17) is 14.2 Å². The number of guanidine groups is 1. The smallest absolute Gasteiger partial charge is 0.195 e. The summed E-state index contributed by atoms with van der Waals surface area (Å²) in [4.78, 5) is 4.32. The molecule has 31 heavy (non-hydrogen) atoms. The van der Waals surface area contributed by atoms with E-state index in [2.05, 4.69) is 39.9 Å². The molecule has 162 valence electrons. The molecule has 0 aliphatic rings. The predicted octanol–water partition coefficient (Wildman–Crippen LogP) is 4.61. The molecule has 0 atom stereocenters. The highest BCUT2D eigenvalue weighted by Crippen LogP contribution is 2.29. The van der Waals surface area contributed by atoms with Crippen LogP contribution in [0, 0.1) is 0 Å². The second-order valence-corrected chi connectivity index (χ2v) is 6.87. The van der Waals surface area contributed by atoms with Crippen LogP contribution in [0.1, 0.15) is 16.7 Å². The Labute approximate surface area is 183 Å². The summed E-state index contributed by atoms with van der Waals surface area (Å²) in [6.45, 7) is 1.76. The molecule has 0 bridgehead atoms. The van der Waals surface area contributed by atoms with Gasteiger partial charge in [-0.15, -0.1) is 0 Å². The van der Waals surface area contributed by atoms with Crippen molar-refractivity contribution in [3.8, 4) is 11.5 Å². The molecule has 0 saturated carbocycles. The summed E-state index contributed by atoms with van der Waals surface area (Å²) in [7, 11) is 4.98. The highest BCUT2D eigenvalue weighted by molar-refractivity contribution is 5.93. The van der Waals surface area contributed by atoms with E-state index < -0.39 is 0 Å². The number of methoxy groups -OCH3 is 2. The standard InChI is InChI=1S/C25H29N3O3/c1-26-25(28-22-13-14-23(29-2)24(15-22)30-3)27-16-20-11-7-8-12-21(20)18-31-17-19-9-5-4-6-10-19/h4-15H,16-18H2,1-3H3,(H2,26,27,28). The number of hydrogen-bond acceptors (Lipinski definition) is 4. The number of rotatable bonds is 9. The molecule has 0 aliphatic heterocycles. The van der Waals surface area contributed by atoms with Crippen molar-refractivity contribution in [3.63, 3.8) is 0 Å². The summed E-state index contributed by atoms with van der Waals surface area (Å²) in [6.07, 6.45) is 0. The molecular weight excluding hydrogens is 390 g/mol. The van der Waals surface area contributed by atoms with Gasteiger partial charge in [0.15, 0.2) is 17.5 Å². The van der Waals surface area contributed by atoms with Crippen molar-refractivity contribution >= 4 is 11.6 Å². The fraction of sp³-hybridized carbons (Fsp3) is 0.240. The first-order valence-corrected chi connectivity index (χ1v) is 10.1. The predicted molar refractivity (Wildman–Crippen MR) is 125 cm³/mol. The molecular formula is C25H29N3O3. The zero-order valence-electron chi connectivity index (χ0n) is 18.2. The molecule has 0 fully saturated rings. The third-order valence-corrected chi connectivity index (χ3v) is 4.80. The quantitative estimate of drug-likeness (QED) is 0.392. The summed E-state index contributed by atoms with van der Waals surface area (Å²) in [5.74, 6) is 2.00. The minimum absolute atomic E-state index is 0.550.